The standard InChI is InChI=1S/C24H38FN5O2/c1-3-26-24(27-17-20-8-9-22(25)21(16-20)19-32-2)30-14-12-28(13-15-30)18-23(31)29-10-6-4-5-7-11-29/h8-9,16H,3-7,10-15,17-19H2,1-2H3,(H,26,27). The predicted molar refractivity (Wildman–Crippen MR) is 125 cm³/mol. The average molecular weight is 448 g/mol. The molecule has 178 valence electrons. The first-order chi connectivity index (χ1) is 15.6. The molecule has 3 rings (SSSR count). The van der Waals surface area contributed by atoms with Crippen LogP contribution in [0.5, 0.6) is 0 Å². The van der Waals surface area contributed by atoms with Crippen molar-refractivity contribution < 1.29 is 13.9 Å². The third-order valence-corrected chi connectivity index (χ3v) is 6.15. The highest BCUT2D eigenvalue weighted by atomic mass is 19.1. The van der Waals surface area contributed by atoms with Crippen molar-refractivity contribution in [3.8, 4) is 0 Å². The zero-order chi connectivity index (χ0) is 22.8. The molecule has 2 fully saturated rings. The van der Waals surface area contributed by atoms with Crippen LogP contribution >= 0.6 is 0 Å². The zero-order valence-corrected chi connectivity index (χ0v) is 19.6. The minimum Gasteiger partial charge on any atom is -0.380 e. The summed E-state index contributed by atoms with van der Waals surface area (Å²) in [6, 6.07) is 5.07. The molecule has 0 aromatic heterocycles. The molecule has 0 saturated carbocycles. The fourth-order valence-corrected chi connectivity index (χ4v) is 4.31. The van der Waals surface area contributed by atoms with Crippen molar-refractivity contribution in [3.63, 3.8) is 0 Å². The third-order valence-electron chi connectivity index (χ3n) is 6.15. The number of rotatable bonds is 7. The van der Waals surface area contributed by atoms with Crippen molar-refractivity contribution in [1.29, 1.82) is 0 Å². The molecule has 1 amide bonds. The molecule has 2 aliphatic heterocycles. The van der Waals surface area contributed by atoms with Crippen LogP contribution in [0.4, 0.5) is 4.39 Å². The first-order valence-corrected chi connectivity index (χ1v) is 11.9. The van der Waals surface area contributed by atoms with Gasteiger partial charge in [-0.3, -0.25) is 9.69 Å². The Morgan fingerprint density at radius 1 is 1.06 bits per heavy atom. The summed E-state index contributed by atoms with van der Waals surface area (Å²) in [4.78, 5) is 24.0. The monoisotopic (exact) mass is 447 g/mol. The van der Waals surface area contributed by atoms with E-state index in [1.54, 1.807) is 13.2 Å². The van der Waals surface area contributed by atoms with Crippen LogP contribution in [0.3, 0.4) is 0 Å². The Labute approximate surface area is 191 Å². The van der Waals surface area contributed by atoms with Gasteiger partial charge >= 0.3 is 0 Å². The molecule has 0 unspecified atom stereocenters. The van der Waals surface area contributed by atoms with Crippen LogP contribution in [-0.2, 0) is 22.7 Å². The Hall–Kier alpha value is -2.19. The van der Waals surface area contributed by atoms with E-state index in [4.69, 9.17) is 9.73 Å². The maximum absolute atomic E-state index is 13.9. The van der Waals surface area contributed by atoms with E-state index in [1.807, 2.05) is 11.0 Å². The van der Waals surface area contributed by atoms with Crippen LogP contribution in [0, 0.1) is 5.82 Å². The SMILES string of the molecule is CCNC(=NCc1ccc(F)c(COC)c1)N1CCN(CC(=O)N2CCCCCC2)CC1. The van der Waals surface area contributed by atoms with Gasteiger partial charge in [-0.2, -0.15) is 0 Å². The van der Waals surface area contributed by atoms with E-state index in [2.05, 4.69) is 22.0 Å². The molecule has 1 aromatic carbocycles. The molecule has 8 heteroatoms. The van der Waals surface area contributed by atoms with Crippen LogP contribution in [-0.4, -0.2) is 86.0 Å². The van der Waals surface area contributed by atoms with Crippen LogP contribution in [0.25, 0.3) is 0 Å². The Morgan fingerprint density at radius 3 is 2.44 bits per heavy atom. The lowest BCUT2D eigenvalue weighted by Crippen LogP contribution is -2.54. The van der Waals surface area contributed by atoms with Gasteiger partial charge in [0.2, 0.25) is 5.91 Å². The molecular weight excluding hydrogens is 409 g/mol. The lowest BCUT2D eigenvalue weighted by atomic mass is 10.1. The van der Waals surface area contributed by atoms with Crippen molar-refractivity contribution >= 4 is 11.9 Å². The zero-order valence-electron chi connectivity index (χ0n) is 19.6. The van der Waals surface area contributed by atoms with Crippen LogP contribution in [0.2, 0.25) is 0 Å². The second kappa shape index (κ2) is 12.7. The molecule has 0 bridgehead atoms. The molecule has 2 aliphatic rings. The Kier molecular flexibility index (Phi) is 9.74. The number of hydrogen-bond donors (Lipinski definition) is 1. The number of ether oxygens (including phenoxy) is 1. The van der Waals surface area contributed by atoms with Gasteiger partial charge in [-0.05, 0) is 37.5 Å². The van der Waals surface area contributed by atoms with E-state index in [1.165, 1.54) is 18.9 Å². The molecule has 0 atom stereocenters. The van der Waals surface area contributed by atoms with Crippen molar-refractivity contribution in [2.75, 3.05) is 59.5 Å². The molecule has 1 N–H and O–H groups in total. The van der Waals surface area contributed by atoms with Crippen molar-refractivity contribution in [2.24, 2.45) is 4.99 Å². The number of carbonyl (C=O) groups is 1. The number of hydrogen-bond acceptors (Lipinski definition) is 4. The maximum atomic E-state index is 13.9. The maximum Gasteiger partial charge on any atom is 0.236 e. The van der Waals surface area contributed by atoms with E-state index in [-0.39, 0.29) is 18.3 Å². The van der Waals surface area contributed by atoms with E-state index in [0.29, 0.717) is 18.7 Å². The number of nitrogens with zero attached hydrogens (tertiary/aromatic N) is 4. The summed E-state index contributed by atoms with van der Waals surface area (Å²) >= 11 is 0. The number of piperazine rings is 1. The van der Waals surface area contributed by atoms with E-state index in [9.17, 15) is 9.18 Å². The van der Waals surface area contributed by atoms with Crippen LogP contribution in [0.15, 0.2) is 23.2 Å². The lowest BCUT2D eigenvalue weighted by Gasteiger charge is -2.37. The van der Waals surface area contributed by atoms with Crippen LogP contribution in [0.1, 0.15) is 43.7 Å². The molecule has 1 aromatic rings. The first kappa shape index (κ1) is 24.5. The number of likely N-dealkylation sites (tertiary alicyclic amines) is 1. The van der Waals surface area contributed by atoms with Gasteiger partial charge in [0.05, 0.1) is 19.7 Å². The van der Waals surface area contributed by atoms with E-state index >= 15 is 0 Å². The minimum atomic E-state index is -0.252. The molecule has 2 saturated heterocycles. The number of methoxy groups -OCH3 is 1. The predicted octanol–water partition coefficient (Wildman–Crippen LogP) is 2.46. The summed E-state index contributed by atoms with van der Waals surface area (Å²) in [5.74, 6) is 0.880. The summed E-state index contributed by atoms with van der Waals surface area (Å²) in [5, 5.41) is 3.37. The van der Waals surface area contributed by atoms with E-state index < -0.39 is 0 Å². The highest BCUT2D eigenvalue weighted by Crippen LogP contribution is 2.14. The minimum absolute atomic E-state index is 0.252. The number of carbonyl (C=O) groups excluding carboxylic acids is 1. The van der Waals surface area contributed by atoms with Gasteiger partial charge in [0, 0.05) is 58.5 Å². The smallest absolute Gasteiger partial charge is 0.236 e. The highest BCUT2D eigenvalue weighted by Gasteiger charge is 2.23. The molecule has 7 nitrogen and oxygen atoms in total. The molecule has 2 heterocycles. The first-order valence-electron chi connectivity index (χ1n) is 11.9. The van der Waals surface area contributed by atoms with Gasteiger partial charge < -0.3 is 19.9 Å². The summed E-state index contributed by atoms with van der Waals surface area (Å²) in [5.41, 5.74) is 1.50. The Bertz CT molecular complexity index is 757. The summed E-state index contributed by atoms with van der Waals surface area (Å²) in [7, 11) is 1.56. The quantitative estimate of drug-likeness (QED) is 0.514. The number of guanidine groups is 1. The van der Waals surface area contributed by atoms with E-state index in [0.717, 1.165) is 70.2 Å². The molecular formula is C24H38FN5O2. The number of nitrogens with one attached hydrogen (secondary N) is 1. The topological polar surface area (TPSA) is 60.4 Å². The molecule has 0 spiro atoms. The number of benzene rings is 1. The van der Waals surface area contributed by atoms with Crippen molar-refractivity contribution in [3.05, 3.63) is 35.1 Å². The third kappa shape index (κ3) is 7.17. The number of aliphatic imine (C=N–C) groups is 1. The fraction of sp³-hybridized carbons (Fsp3) is 0.667. The average Bonchev–Trinajstić information content (AvgIpc) is 3.09. The van der Waals surface area contributed by atoms with Gasteiger partial charge in [0.25, 0.3) is 0 Å². The van der Waals surface area contributed by atoms with Gasteiger partial charge in [0.15, 0.2) is 5.96 Å². The Morgan fingerprint density at radius 2 is 1.78 bits per heavy atom. The van der Waals surface area contributed by atoms with Gasteiger partial charge in [-0.1, -0.05) is 18.9 Å². The summed E-state index contributed by atoms with van der Waals surface area (Å²) in [6.07, 6.45) is 4.73. The van der Waals surface area contributed by atoms with Gasteiger partial charge in [0.1, 0.15) is 5.82 Å². The molecule has 0 radical (unpaired) electrons. The largest absolute Gasteiger partial charge is 0.380 e. The van der Waals surface area contributed by atoms with Crippen LogP contribution < -0.4 is 5.32 Å². The summed E-state index contributed by atoms with van der Waals surface area (Å²) in [6.45, 7) is 9.25. The van der Waals surface area contributed by atoms with Gasteiger partial charge in [-0.25, -0.2) is 9.38 Å². The molecule has 0 aliphatic carbocycles. The Balaban J connectivity index is 1.53. The lowest BCUT2D eigenvalue weighted by molar-refractivity contribution is -0.132. The fourth-order valence-electron chi connectivity index (χ4n) is 4.31. The highest BCUT2D eigenvalue weighted by molar-refractivity contribution is 5.80. The van der Waals surface area contributed by atoms with Gasteiger partial charge in [-0.15, -0.1) is 0 Å². The second-order valence-corrected chi connectivity index (χ2v) is 8.59. The summed E-state index contributed by atoms with van der Waals surface area (Å²) < 4.78 is 18.9. The normalized spacial score (nSPS) is 18.5. The second-order valence-electron chi connectivity index (χ2n) is 8.59. The number of halogens is 1. The van der Waals surface area contributed by atoms with Crippen molar-refractivity contribution in [1.82, 2.24) is 20.0 Å². The van der Waals surface area contributed by atoms with Crippen molar-refractivity contribution in [2.45, 2.75) is 45.8 Å². The molecule has 32 heavy (non-hydrogen) atoms. The number of amides is 1.